The third-order valence-corrected chi connectivity index (χ3v) is 3.45. The van der Waals surface area contributed by atoms with Crippen LogP contribution in [0.4, 0.5) is 5.69 Å². The SMILES string of the molecule is CC(=O)Oc1ccc2cc(NC(=O)C=Cc3ccccc3)c(=O)oc2c1. The molecule has 0 saturated carbocycles. The van der Waals surface area contributed by atoms with Gasteiger partial charge in [0.15, 0.2) is 0 Å². The van der Waals surface area contributed by atoms with Crippen LogP contribution in [0.25, 0.3) is 17.0 Å². The minimum Gasteiger partial charge on any atom is -0.427 e. The van der Waals surface area contributed by atoms with Gasteiger partial charge in [0, 0.05) is 24.5 Å². The highest BCUT2D eigenvalue weighted by Crippen LogP contribution is 2.22. The lowest BCUT2D eigenvalue weighted by Gasteiger charge is -2.05. The Morgan fingerprint density at radius 1 is 1.08 bits per heavy atom. The number of rotatable bonds is 4. The highest BCUT2D eigenvalue weighted by molar-refractivity contribution is 6.02. The maximum Gasteiger partial charge on any atom is 0.360 e. The van der Waals surface area contributed by atoms with Crippen LogP contribution in [-0.2, 0) is 9.59 Å². The third-order valence-electron chi connectivity index (χ3n) is 3.45. The standard InChI is InChI=1S/C20H15NO5/c1-13(22)25-16-9-8-15-11-17(20(24)26-18(15)12-16)21-19(23)10-7-14-5-3-2-4-6-14/h2-12H,1H3,(H,21,23). The number of carbonyl (C=O) groups is 2. The van der Waals surface area contributed by atoms with Gasteiger partial charge in [0.05, 0.1) is 0 Å². The van der Waals surface area contributed by atoms with Gasteiger partial charge in [-0.25, -0.2) is 4.79 Å². The number of esters is 1. The Bertz CT molecular complexity index is 1050. The summed E-state index contributed by atoms with van der Waals surface area (Å²) >= 11 is 0. The Hall–Kier alpha value is -3.67. The average Bonchev–Trinajstić information content (AvgIpc) is 2.61. The predicted molar refractivity (Wildman–Crippen MR) is 97.9 cm³/mol. The van der Waals surface area contributed by atoms with Crippen LogP contribution in [0.5, 0.6) is 5.75 Å². The maximum atomic E-state index is 12.1. The molecule has 0 saturated heterocycles. The molecule has 0 aliphatic rings. The van der Waals surface area contributed by atoms with E-state index in [0.29, 0.717) is 5.39 Å². The largest absolute Gasteiger partial charge is 0.427 e. The van der Waals surface area contributed by atoms with E-state index in [1.165, 1.54) is 25.1 Å². The van der Waals surface area contributed by atoms with Crippen molar-refractivity contribution in [2.75, 3.05) is 5.32 Å². The van der Waals surface area contributed by atoms with E-state index < -0.39 is 17.5 Å². The molecule has 1 amide bonds. The number of amides is 1. The molecule has 26 heavy (non-hydrogen) atoms. The zero-order valence-electron chi connectivity index (χ0n) is 13.9. The van der Waals surface area contributed by atoms with Crippen LogP contribution in [0.1, 0.15) is 12.5 Å². The van der Waals surface area contributed by atoms with Crippen molar-refractivity contribution in [1.29, 1.82) is 0 Å². The van der Waals surface area contributed by atoms with Crippen LogP contribution in [-0.4, -0.2) is 11.9 Å². The van der Waals surface area contributed by atoms with Gasteiger partial charge in [-0.2, -0.15) is 0 Å². The van der Waals surface area contributed by atoms with E-state index in [0.717, 1.165) is 5.56 Å². The molecule has 0 spiro atoms. The summed E-state index contributed by atoms with van der Waals surface area (Å²) < 4.78 is 10.1. The number of fused-ring (bicyclic) bond motifs is 1. The molecule has 3 aromatic rings. The lowest BCUT2D eigenvalue weighted by Crippen LogP contribution is -2.15. The zero-order valence-corrected chi connectivity index (χ0v) is 13.9. The van der Waals surface area contributed by atoms with E-state index in [4.69, 9.17) is 9.15 Å². The molecule has 130 valence electrons. The van der Waals surface area contributed by atoms with Crippen LogP contribution >= 0.6 is 0 Å². The molecule has 1 heterocycles. The molecule has 3 rings (SSSR count). The van der Waals surface area contributed by atoms with Crippen LogP contribution in [0.2, 0.25) is 0 Å². The summed E-state index contributed by atoms with van der Waals surface area (Å²) in [5.41, 5.74) is 0.456. The normalized spacial score (nSPS) is 10.8. The number of hydrogen-bond donors (Lipinski definition) is 1. The molecule has 6 heteroatoms. The van der Waals surface area contributed by atoms with Gasteiger partial charge in [-0.1, -0.05) is 30.3 Å². The minimum absolute atomic E-state index is 0.0282. The Balaban J connectivity index is 1.80. The second-order valence-electron chi connectivity index (χ2n) is 5.47. The average molecular weight is 349 g/mol. The smallest absolute Gasteiger partial charge is 0.360 e. The first-order valence-electron chi connectivity index (χ1n) is 7.82. The van der Waals surface area contributed by atoms with Crippen LogP contribution < -0.4 is 15.7 Å². The van der Waals surface area contributed by atoms with Gasteiger partial charge < -0.3 is 14.5 Å². The Morgan fingerprint density at radius 3 is 2.58 bits per heavy atom. The van der Waals surface area contributed by atoms with Crippen molar-refractivity contribution < 1.29 is 18.7 Å². The molecule has 0 radical (unpaired) electrons. The molecule has 6 nitrogen and oxygen atoms in total. The summed E-state index contributed by atoms with van der Waals surface area (Å²) in [4.78, 5) is 35.1. The molecule has 1 N–H and O–H groups in total. The Kier molecular flexibility index (Phi) is 4.94. The molecule has 0 aliphatic heterocycles. The van der Waals surface area contributed by atoms with Crippen molar-refractivity contribution >= 4 is 34.6 Å². The van der Waals surface area contributed by atoms with Crippen molar-refractivity contribution in [3.63, 3.8) is 0 Å². The molecular weight excluding hydrogens is 334 g/mol. The van der Waals surface area contributed by atoms with Crippen molar-refractivity contribution in [3.8, 4) is 5.75 Å². The minimum atomic E-state index is -0.695. The lowest BCUT2D eigenvalue weighted by atomic mass is 10.2. The summed E-state index contributed by atoms with van der Waals surface area (Å²) in [6.07, 6.45) is 2.98. The second kappa shape index (κ2) is 7.48. The highest BCUT2D eigenvalue weighted by Gasteiger charge is 2.09. The maximum absolute atomic E-state index is 12.1. The second-order valence-corrected chi connectivity index (χ2v) is 5.47. The topological polar surface area (TPSA) is 85.6 Å². The van der Waals surface area contributed by atoms with E-state index >= 15 is 0 Å². The molecule has 0 atom stereocenters. The molecular formula is C20H15NO5. The molecule has 0 aliphatic carbocycles. The molecule has 0 bridgehead atoms. The van der Waals surface area contributed by atoms with Gasteiger partial charge >= 0.3 is 11.6 Å². The summed E-state index contributed by atoms with van der Waals surface area (Å²) in [6, 6.07) is 15.5. The fourth-order valence-corrected chi connectivity index (χ4v) is 2.32. The van der Waals surface area contributed by atoms with Crippen molar-refractivity contribution in [3.05, 3.63) is 76.7 Å². The van der Waals surface area contributed by atoms with Gasteiger partial charge in [0.2, 0.25) is 5.91 Å². The van der Waals surface area contributed by atoms with Gasteiger partial charge in [0.25, 0.3) is 0 Å². The molecule has 0 fully saturated rings. The Labute approximate surface area is 148 Å². The van der Waals surface area contributed by atoms with Crippen LogP contribution in [0, 0.1) is 0 Å². The van der Waals surface area contributed by atoms with Gasteiger partial charge in [-0.15, -0.1) is 0 Å². The molecule has 1 aromatic heterocycles. The van der Waals surface area contributed by atoms with E-state index in [2.05, 4.69) is 5.32 Å². The number of benzene rings is 2. The van der Waals surface area contributed by atoms with E-state index in [1.54, 1.807) is 18.2 Å². The fraction of sp³-hybridized carbons (Fsp3) is 0.0500. The van der Waals surface area contributed by atoms with E-state index in [-0.39, 0.29) is 17.0 Å². The monoisotopic (exact) mass is 349 g/mol. The van der Waals surface area contributed by atoms with Crippen molar-refractivity contribution in [2.24, 2.45) is 0 Å². The van der Waals surface area contributed by atoms with Crippen molar-refractivity contribution in [2.45, 2.75) is 6.92 Å². The highest BCUT2D eigenvalue weighted by atomic mass is 16.5. The Morgan fingerprint density at radius 2 is 1.85 bits per heavy atom. The molecule has 2 aromatic carbocycles. The first-order chi connectivity index (χ1) is 12.5. The summed E-state index contributed by atoms with van der Waals surface area (Å²) in [5.74, 6) is -0.645. The first kappa shape index (κ1) is 17.2. The number of ether oxygens (including phenoxy) is 1. The predicted octanol–water partition coefficient (Wildman–Crippen LogP) is 3.37. The summed E-state index contributed by atoms with van der Waals surface area (Å²) in [5, 5.41) is 3.09. The zero-order chi connectivity index (χ0) is 18.5. The van der Waals surface area contributed by atoms with Gasteiger partial charge in [0.1, 0.15) is 17.0 Å². The quantitative estimate of drug-likeness (QED) is 0.338. The number of nitrogens with one attached hydrogen (secondary N) is 1. The molecule has 0 unspecified atom stereocenters. The van der Waals surface area contributed by atoms with Gasteiger partial charge in [-0.05, 0) is 29.8 Å². The van der Waals surface area contributed by atoms with Crippen LogP contribution in [0.3, 0.4) is 0 Å². The lowest BCUT2D eigenvalue weighted by molar-refractivity contribution is -0.131. The number of anilines is 1. The third kappa shape index (κ3) is 4.24. The van der Waals surface area contributed by atoms with Gasteiger partial charge in [-0.3, -0.25) is 9.59 Å². The first-order valence-corrected chi connectivity index (χ1v) is 7.82. The number of carbonyl (C=O) groups excluding carboxylic acids is 2. The van der Waals surface area contributed by atoms with E-state index in [9.17, 15) is 14.4 Å². The van der Waals surface area contributed by atoms with E-state index in [1.807, 2.05) is 30.3 Å². The fourth-order valence-electron chi connectivity index (χ4n) is 2.32. The van der Waals surface area contributed by atoms with Crippen molar-refractivity contribution in [1.82, 2.24) is 0 Å². The van der Waals surface area contributed by atoms with Crippen LogP contribution in [0.15, 0.2) is 69.9 Å². The summed E-state index contributed by atoms with van der Waals surface area (Å²) in [7, 11) is 0. The summed E-state index contributed by atoms with van der Waals surface area (Å²) in [6.45, 7) is 1.28. The number of hydrogen-bond acceptors (Lipinski definition) is 5.